The van der Waals surface area contributed by atoms with Gasteiger partial charge in [-0.15, -0.1) is 4.61 Å². The van der Waals surface area contributed by atoms with Gasteiger partial charge in [0, 0.05) is 8.07 Å². The first-order valence-electron chi connectivity index (χ1n) is 6.55. The molecule has 2 rings (SSSR count). The Balaban J connectivity index is 0.00000200. The molecule has 0 nitrogen and oxygen atoms in total. The summed E-state index contributed by atoms with van der Waals surface area (Å²) in [6, 6.07) is 21.6. The molecule has 4 heteroatoms. The maximum absolute atomic E-state index is 5.95. The molecule has 2 aromatic rings. The Hall–Kier alpha value is 0.0343. The van der Waals surface area contributed by atoms with Gasteiger partial charge in [0.05, 0.1) is 0 Å². The Bertz CT molecular complexity index is 474. The van der Waals surface area contributed by atoms with E-state index >= 15 is 0 Å². The molecular formula is C16H20LiPSSi. The smallest absolute Gasteiger partial charge is 0.787 e. The van der Waals surface area contributed by atoms with Crippen molar-refractivity contribution in [1.29, 1.82) is 0 Å². The summed E-state index contributed by atoms with van der Waals surface area (Å²) >= 11 is 5.95. The van der Waals surface area contributed by atoms with Crippen LogP contribution in [0.1, 0.15) is 0 Å². The maximum atomic E-state index is 5.95. The Labute approximate surface area is 142 Å². The molecular weight excluding hydrogens is 290 g/mol. The summed E-state index contributed by atoms with van der Waals surface area (Å²) in [6.45, 7) is 7.14. The Morgan fingerprint density at radius 2 is 1.15 bits per heavy atom. The van der Waals surface area contributed by atoms with Crippen LogP contribution in [0.4, 0.5) is 0 Å². The van der Waals surface area contributed by atoms with Crippen LogP contribution in [0.2, 0.25) is 19.6 Å². The Morgan fingerprint density at radius 1 is 0.800 bits per heavy atom. The zero-order valence-electron chi connectivity index (χ0n) is 12.7. The van der Waals surface area contributed by atoms with Gasteiger partial charge in [0.25, 0.3) is 0 Å². The average molecular weight is 310 g/mol. The van der Waals surface area contributed by atoms with Crippen LogP contribution in [0.15, 0.2) is 60.7 Å². The van der Waals surface area contributed by atoms with Gasteiger partial charge in [-0.1, -0.05) is 88.2 Å². The van der Waals surface area contributed by atoms with Crippen molar-refractivity contribution in [2.75, 3.05) is 0 Å². The quantitative estimate of drug-likeness (QED) is 0.459. The summed E-state index contributed by atoms with van der Waals surface area (Å²) in [7, 11) is -1.77. The molecule has 0 spiro atoms. The van der Waals surface area contributed by atoms with Crippen molar-refractivity contribution in [3.05, 3.63) is 60.7 Å². The number of benzene rings is 2. The topological polar surface area (TPSA) is 0 Å². The number of rotatable bonds is 4. The first kappa shape index (κ1) is 18.1. The normalized spacial score (nSPS) is 12.8. The molecule has 0 bridgehead atoms. The van der Waals surface area contributed by atoms with Gasteiger partial charge in [0.15, 0.2) is 0 Å². The van der Waals surface area contributed by atoms with Crippen LogP contribution < -0.4 is 29.5 Å². The summed E-state index contributed by atoms with van der Waals surface area (Å²) in [5.74, 6) is 0. The molecule has 0 amide bonds. The minimum absolute atomic E-state index is 0. The number of hydrogen-bond acceptors (Lipinski definition) is 1. The van der Waals surface area contributed by atoms with Crippen LogP contribution in [0.5, 0.6) is 0 Å². The van der Waals surface area contributed by atoms with E-state index < -0.39 is 16.0 Å². The largest absolute Gasteiger partial charge is 1.00 e. The fourth-order valence-corrected chi connectivity index (χ4v) is 8.53. The van der Waals surface area contributed by atoms with Crippen molar-refractivity contribution in [1.82, 2.24) is 0 Å². The monoisotopic (exact) mass is 310 g/mol. The second-order valence-electron chi connectivity index (χ2n) is 5.76. The third-order valence-corrected chi connectivity index (χ3v) is 12.6. The van der Waals surface area contributed by atoms with E-state index in [0.29, 0.717) is 4.61 Å². The summed E-state index contributed by atoms with van der Waals surface area (Å²) in [5, 5.41) is 2.82. The van der Waals surface area contributed by atoms with Crippen LogP contribution in [-0.2, 0) is 12.6 Å². The SMILES string of the molecule is C[Si](C)(C)C([S-])P(c1ccccc1)c1ccccc1.[Li+]. The molecule has 0 aliphatic carbocycles. The summed E-state index contributed by atoms with van der Waals surface area (Å²) in [4.78, 5) is 0. The van der Waals surface area contributed by atoms with E-state index in [4.69, 9.17) is 12.6 Å². The third kappa shape index (κ3) is 4.52. The van der Waals surface area contributed by atoms with Gasteiger partial charge in [-0.3, -0.25) is 0 Å². The average Bonchev–Trinajstić information content (AvgIpc) is 2.40. The van der Waals surface area contributed by atoms with E-state index in [1.807, 2.05) is 0 Å². The molecule has 0 heterocycles. The minimum atomic E-state index is -1.35. The molecule has 0 saturated carbocycles. The van der Waals surface area contributed by atoms with Crippen molar-refractivity contribution in [2.45, 2.75) is 24.3 Å². The van der Waals surface area contributed by atoms with Crippen LogP contribution in [0, 0.1) is 0 Å². The second-order valence-corrected chi connectivity index (χ2v) is 15.1. The van der Waals surface area contributed by atoms with Gasteiger partial charge >= 0.3 is 18.9 Å². The van der Waals surface area contributed by atoms with Crippen LogP contribution in [0.3, 0.4) is 0 Å². The number of hydrogen-bond donors (Lipinski definition) is 0. The fourth-order valence-electron chi connectivity index (χ4n) is 1.98. The molecule has 0 aliphatic heterocycles. The predicted octanol–water partition coefficient (Wildman–Crippen LogP) is 0.874. The fraction of sp³-hybridized carbons (Fsp3) is 0.250. The molecule has 2 aromatic carbocycles. The molecule has 20 heavy (non-hydrogen) atoms. The van der Waals surface area contributed by atoms with E-state index in [1.165, 1.54) is 10.6 Å². The van der Waals surface area contributed by atoms with Gasteiger partial charge in [0.1, 0.15) is 0 Å². The van der Waals surface area contributed by atoms with E-state index in [9.17, 15) is 0 Å². The molecule has 0 aliphatic rings. The maximum Gasteiger partial charge on any atom is 1.00 e. The van der Waals surface area contributed by atoms with Crippen molar-refractivity contribution in [3.8, 4) is 0 Å². The summed E-state index contributed by atoms with van der Waals surface area (Å²) in [6.07, 6.45) is 0. The summed E-state index contributed by atoms with van der Waals surface area (Å²) in [5.41, 5.74) is 0. The molecule has 0 saturated heterocycles. The molecule has 0 aromatic heterocycles. The van der Waals surface area contributed by atoms with Gasteiger partial charge in [0.2, 0.25) is 0 Å². The molecule has 1 atom stereocenters. The van der Waals surface area contributed by atoms with Crippen LogP contribution in [0.25, 0.3) is 0 Å². The van der Waals surface area contributed by atoms with Crippen molar-refractivity contribution in [3.63, 3.8) is 0 Å². The van der Waals surface area contributed by atoms with E-state index in [-0.39, 0.29) is 18.9 Å². The molecule has 0 fully saturated rings. The third-order valence-electron chi connectivity index (χ3n) is 3.04. The predicted molar refractivity (Wildman–Crippen MR) is 93.6 cm³/mol. The van der Waals surface area contributed by atoms with Crippen LogP contribution >= 0.6 is 7.92 Å². The van der Waals surface area contributed by atoms with E-state index in [0.717, 1.165) is 0 Å². The zero-order chi connectivity index (χ0) is 13.9. The molecule has 0 radical (unpaired) electrons. The van der Waals surface area contributed by atoms with E-state index in [1.54, 1.807) is 0 Å². The van der Waals surface area contributed by atoms with Crippen molar-refractivity contribution in [2.24, 2.45) is 0 Å². The van der Waals surface area contributed by atoms with E-state index in [2.05, 4.69) is 80.3 Å². The summed E-state index contributed by atoms with van der Waals surface area (Å²) < 4.78 is 0.368. The van der Waals surface area contributed by atoms with Gasteiger partial charge in [-0.05, 0) is 10.6 Å². The zero-order valence-corrected chi connectivity index (χ0v) is 15.4. The first-order chi connectivity index (χ1) is 9.00. The molecule has 0 N–H and O–H groups in total. The van der Waals surface area contributed by atoms with Crippen LogP contribution in [-0.4, -0.2) is 12.7 Å². The van der Waals surface area contributed by atoms with Gasteiger partial charge in [-0.25, -0.2) is 0 Å². The second kappa shape index (κ2) is 7.88. The minimum Gasteiger partial charge on any atom is -0.787 e. The first-order valence-corrected chi connectivity index (χ1v) is 12.0. The molecule has 1 unspecified atom stereocenters. The van der Waals surface area contributed by atoms with Gasteiger partial charge in [-0.2, -0.15) is 0 Å². The van der Waals surface area contributed by atoms with Crippen molar-refractivity contribution < 1.29 is 18.9 Å². The Kier molecular flexibility index (Phi) is 7.12. The Morgan fingerprint density at radius 3 is 1.45 bits per heavy atom. The standard InChI is InChI=1S/C16H21PSSi.Li/c1-19(2,3)16(18)17(14-10-6-4-7-11-14)15-12-8-5-9-13-15;/h4-13,16,18H,1-3H3;/q;+1/p-1. The van der Waals surface area contributed by atoms with Gasteiger partial charge < -0.3 is 12.6 Å². The molecule has 100 valence electrons. The van der Waals surface area contributed by atoms with Crippen molar-refractivity contribution >= 4 is 39.2 Å².